The van der Waals surface area contributed by atoms with Gasteiger partial charge in [0, 0.05) is 36.6 Å². The smallest absolute Gasteiger partial charge is 0.126 e. The maximum absolute atomic E-state index is 10.7. The SMILES string of the molecule is Cc1ccc([C@H](O)CN2CCC3(CC2)C[C@@H](O)c2cc(Cl)c(C)cc2O3)cc1. The molecule has 0 radical (unpaired) electrons. The van der Waals surface area contributed by atoms with Gasteiger partial charge in [-0.05, 0) is 49.9 Å². The van der Waals surface area contributed by atoms with Crippen LogP contribution in [-0.4, -0.2) is 40.3 Å². The average molecular weight is 402 g/mol. The van der Waals surface area contributed by atoms with Gasteiger partial charge in [0.25, 0.3) is 0 Å². The summed E-state index contributed by atoms with van der Waals surface area (Å²) in [6.07, 6.45) is 1.23. The largest absolute Gasteiger partial charge is 0.487 e. The van der Waals surface area contributed by atoms with Gasteiger partial charge in [-0.1, -0.05) is 41.4 Å². The molecule has 2 aliphatic heterocycles. The van der Waals surface area contributed by atoms with Crippen molar-refractivity contribution < 1.29 is 14.9 Å². The lowest BCUT2D eigenvalue weighted by Gasteiger charge is -2.46. The number of nitrogens with zero attached hydrogens (tertiary/aromatic N) is 1. The summed E-state index contributed by atoms with van der Waals surface area (Å²) in [6.45, 7) is 6.31. The lowest BCUT2D eigenvalue weighted by molar-refractivity contribution is -0.0588. The third-order valence-corrected chi connectivity index (χ3v) is 6.61. The van der Waals surface area contributed by atoms with Crippen LogP contribution in [0.15, 0.2) is 36.4 Å². The van der Waals surface area contributed by atoms with Gasteiger partial charge in [0.2, 0.25) is 0 Å². The summed E-state index contributed by atoms with van der Waals surface area (Å²) in [7, 11) is 0. The molecule has 1 fully saturated rings. The summed E-state index contributed by atoms with van der Waals surface area (Å²) >= 11 is 6.22. The van der Waals surface area contributed by atoms with Gasteiger partial charge in [-0.2, -0.15) is 0 Å². The Morgan fingerprint density at radius 1 is 1.18 bits per heavy atom. The Labute approximate surface area is 171 Å². The predicted octanol–water partition coefficient (Wildman–Crippen LogP) is 4.34. The van der Waals surface area contributed by atoms with E-state index in [0.717, 1.165) is 48.4 Å². The van der Waals surface area contributed by atoms with Gasteiger partial charge >= 0.3 is 0 Å². The van der Waals surface area contributed by atoms with E-state index in [2.05, 4.69) is 4.90 Å². The molecule has 5 heteroatoms. The first kappa shape index (κ1) is 19.7. The number of aryl methyl sites for hydroxylation is 2. The number of likely N-dealkylation sites (tertiary alicyclic amines) is 1. The van der Waals surface area contributed by atoms with Crippen molar-refractivity contribution in [2.24, 2.45) is 0 Å². The topological polar surface area (TPSA) is 52.9 Å². The first-order valence-electron chi connectivity index (χ1n) is 9.99. The van der Waals surface area contributed by atoms with E-state index < -0.39 is 12.2 Å². The number of piperidine rings is 1. The second-order valence-corrected chi connectivity index (χ2v) is 8.78. The standard InChI is InChI=1S/C23H28ClNO3/c1-15-3-5-17(6-4-15)21(27)14-25-9-7-23(8-10-25)13-20(26)18-12-19(24)16(2)11-22(18)28-23/h3-6,11-12,20-21,26-27H,7-10,13-14H2,1-2H3/t20-,21-/m1/s1. The molecule has 1 saturated heterocycles. The van der Waals surface area contributed by atoms with Crippen LogP contribution in [0.2, 0.25) is 5.02 Å². The number of hydrogen-bond donors (Lipinski definition) is 2. The van der Waals surface area contributed by atoms with E-state index in [-0.39, 0.29) is 5.60 Å². The number of hydrogen-bond acceptors (Lipinski definition) is 4. The lowest BCUT2D eigenvalue weighted by Crippen LogP contribution is -2.51. The second-order valence-electron chi connectivity index (χ2n) is 8.37. The molecule has 1 spiro atoms. The fourth-order valence-electron chi connectivity index (χ4n) is 4.34. The van der Waals surface area contributed by atoms with E-state index in [1.807, 2.05) is 50.2 Å². The molecule has 2 N–H and O–H groups in total. The zero-order valence-corrected chi connectivity index (χ0v) is 17.2. The Kier molecular flexibility index (Phi) is 5.41. The molecule has 0 unspecified atom stereocenters. The van der Waals surface area contributed by atoms with E-state index in [1.165, 1.54) is 5.56 Å². The van der Waals surface area contributed by atoms with Gasteiger partial charge in [0.05, 0.1) is 12.2 Å². The van der Waals surface area contributed by atoms with Crippen LogP contribution < -0.4 is 4.74 Å². The van der Waals surface area contributed by atoms with Crippen molar-refractivity contribution in [3.8, 4) is 5.75 Å². The van der Waals surface area contributed by atoms with E-state index in [4.69, 9.17) is 16.3 Å². The van der Waals surface area contributed by atoms with Crippen molar-refractivity contribution in [3.05, 3.63) is 63.7 Å². The molecule has 4 nitrogen and oxygen atoms in total. The predicted molar refractivity (Wildman–Crippen MR) is 111 cm³/mol. The van der Waals surface area contributed by atoms with Crippen molar-refractivity contribution in [2.45, 2.75) is 50.9 Å². The highest BCUT2D eigenvalue weighted by Gasteiger charge is 2.43. The Morgan fingerprint density at radius 2 is 1.86 bits per heavy atom. The highest BCUT2D eigenvalue weighted by atomic mass is 35.5. The number of rotatable bonds is 3. The van der Waals surface area contributed by atoms with Gasteiger partial charge in [-0.15, -0.1) is 0 Å². The molecule has 0 aliphatic carbocycles. The van der Waals surface area contributed by atoms with Crippen LogP contribution in [0.4, 0.5) is 0 Å². The molecule has 28 heavy (non-hydrogen) atoms. The number of β-amino-alcohol motifs (C(OH)–C–C–N with tert-alkyl or cyclic N) is 1. The Hall–Kier alpha value is -1.59. The molecule has 0 aromatic heterocycles. The molecule has 2 aromatic rings. The zero-order chi connectivity index (χ0) is 19.9. The molecule has 2 heterocycles. The lowest BCUT2D eigenvalue weighted by atomic mass is 9.81. The van der Waals surface area contributed by atoms with Gasteiger partial charge in [-0.3, -0.25) is 0 Å². The van der Waals surface area contributed by atoms with Crippen LogP contribution in [0, 0.1) is 13.8 Å². The Bertz CT molecular complexity index is 844. The highest BCUT2D eigenvalue weighted by Crippen LogP contribution is 2.45. The number of ether oxygens (including phenoxy) is 1. The summed E-state index contributed by atoms with van der Waals surface area (Å²) in [6, 6.07) is 11.8. The van der Waals surface area contributed by atoms with Crippen LogP contribution in [-0.2, 0) is 0 Å². The molecule has 2 atom stereocenters. The number of fused-ring (bicyclic) bond motifs is 1. The molecule has 2 aromatic carbocycles. The Balaban J connectivity index is 1.41. The quantitative estimate of drug-likeness (QED) is 0.803. The monoisotopic (exact) mass is 401 g/mol. The summed E-state index contributed by atoms with van der Waals surface area (Å²) in [4.78, 5) is 2.29. The van der Waals surface area contributed by atoms with Crippen LogP contribution in [0.3, 0.4) is 0 Å². The average Bonchev–Trinajstić information content (AvgIpc) is 2.66. The summed E-state index contributed by atoms with van der Waals surface area (Å²) in [5.41, 5.74) is 3.57. The van der Waals surface area contributed by atoms with Crippen molar-refractivity contribution in [2.75, 3.05) is 19.6 Å². The van der Waals surface area contributed by atoms with Gasteiger partial charge < -0.3 is 19.8 Å². The van der Waals surface area contributed by atoms with Crippen molar-refractivity contribution in [1.29, 1.82) is 0 Å². The van der Waals surface area contributed by atoms with Crippen molar-refractivity contribution >= 4 is 11.6 Å². The molecule has 0 amide bonds. The fraction of sp³-hybridized carbons (Fsp3) is 0.478. The van der Waals surface area contributed by atoms with Crippen LogP contribution >= 0.6 is 11.6 Å². The molecular formula is C23H28ClNO3. The zero-order valence-electron chi connectivity index (χ0n) is 16.5. The maximum Gasteiger partial charge on any atom is 0.126 e. The van der Waals surface area contributed by atoms with E-state index in [9.17, 15) is 10.2 Å². The second kappa shape index (κ2) is 7.68. The normalized spacial score (nSPS) is 22.5. The molecule has 2 aliphatic rings. The summed E-state index contributed by atoms with van der Waals surface area (Å²) in [5, 5.41) is 21.9. The number of aliphatic hydroxyl groups is 2. The van der Waals surface area contributed by atoms with Crippen molar-refractivity contribution in [3.63, 3.8) is 0 Å². The molecule has 4 rings (SSSR count). The third kappa shape index (κ3) is 3.92. The number of benzene rings is 2. The molecule has 0 saturated carbocycles. The molecular weight excluding hydrogens is 374 g/mol. The van der Waals surface area contributed by atoms with E-state index in [0.29, 0.717) is 18.0 Å². The number of halogens is 1. The van der Waals surface area contributed by atoms with Crippen LogP contribution in [0.5, 0.6) is 5.75 Å². The Morgan fingerprint density at radius 3 is 2.54 bits per heavy atom. The van der Waals surface area contributed by atoms with Crippen molar-refractivity contribution in [1.82, 2.24) is 4.90 Å². The minimum Gasteiger partial charge on any atom is -0.487 e. The molecule has 150 valence electrons. The van der Waals surface area contributed by atoms with Gasteiger partial charge in [0.1, 0.15) is 11.4 Å². The fourth-order valence-corrected chi connectivity index (χ4v) is 4.52. The first-order chi connectivity index (χ1) is 13.3. The third-order valence-electron chi connectivity index (χ3n) is 6.20. The van der Waals surface area contributed by atoms with Gasteiger partial charge in [0.15, 0.2) is 0 Å². The van der Waals surface area contributed by atoms with Crippen LogP contribution in [0.1, 0.15) is 53.7 Å². The summed E-state index contributed by atoms with van der Waals surface area (Å²) in [5.74, 6) is 0.758. The minimum absolute atomic E-state index is 0.335. The van der Waals surface area contributed by atoms with Gasteiger partial charge in [-0.25, -0.2) is 0 Å². The maximum atomic E-state index is 10.7. The van der Waals surface area contributed by atoms with E-state index >= 15 is 0 Å². The molecule has 0 bridgehead atoms. The van der Waals surface area contributed by atoms with Crippen LogP contribution in [0.25, 0.3) is 0 Å². The first-order valence-corrected chi connectivity index (χ1v) is 10.4. The minimum atomic E-state index is -0.549. The highest BCUT2D eigenvalue weighted by molar-refractivity contribution is 6.31. The van der Waals surface area contributed by atoms with E-state index in [1.54, 1.807) is 0 Å². The number of aliphatic hydroxyl groups excluding tert-OH is 2. The summed E-state index contributed by atoms with van der Waals surface area (Å²) < 4.78 is 6.41.